The summed E-state index contributed by atoms with van der Waals surface area (Å²) in [6.07, 6.45) is 1.14. The number of phenolic OH excluding ortho intramolecular Hbond substituents is 1. The molecule has 0 fully saturated rings. The highest BCUT2D eigenvalue weighted by molar-refractivity contribution is 6.08. The number of carbonyl (C=O) groups is 3. The fourth-order valence-corrected chi connectivity index (χ4v) is 6.65. The third-order valence-electron chi connectivity index (χ3n) is 9.52. The van der Waals surface area contributed by atoms with Gasteiger partial charge in [0.1, 0.15) is 5.75 Å². The van der Waals surface area contributed by atoms with Crippen molar-refractivity contribution in [2.45, 2.75) is 52.2 Å². The van der Waals surface area contributed by atoms with E-state index in [0.717, 1.165) is 46.5 Å². The smallest absolute Gasteiger partial charge is 0.407 e. The van der Waals surface area contributed by atoms with Gasteiger partial charge in [0.05, 0.1) is 5.56 Å². The normalized spacial score (nSPS) is 15.4. The number of benzene rings is 3. The number of carbonyl (C=O) groups excluding carboxylic acids is 2. The van der Waals surface area contributed by atoms with Gasteiger partial charge in [-0.25, -0.2) is 4.79 Å². The molecule has 1 atom stereocenters. The van der Waals surface area contributed by atoms with Crippen LogP contribution in [0.2, 0.25) is 0 Å². The van der Waals surface area contributed by atoms with Crippen molar-refractivity contribution in [1.82, 2.24) is 14.4 Å². The topological polar surface area (TPSA) is 106 Å². The molecule has 4 aromatic rings. The number of halogens is 1. The summed E-state index contributed by atoms with van der Waals surface area (Å²) < 4.78 is 1.95. The van der Waals surface area contributed by atoms with E-state index in [1.165, 1.54) is 10.5 Å². The maximum Gasteiger partial charge on any atom is 0.407 e. The highest BCUT2D eigenvalue weighted by Gasteiger charge is 2.33. The lowest BCUT2D eigenvalue weighted by Gasteiger charge is -2.37. The lowest BCUT2D eigenvalue weighted by Crippen LogP contribution is -2.44. The Balaban J connectivity index is 0.00000417. The molecule has 0 spiro atoms. The third kappa shape index (κ3) is 5.83. The molecule has 46 heavy (non-hydrogen) atoms. The van der Waals surface area contributed by atoms with E-state index in [2.05, 4.69) is 19.1 Å². The molecule has 2 aliphatic heterocycles. The van der Waals surface area contributed by atoms with Crippen molar-refractivity contribution in [3.8, 4) is 17.0 Å². The minimum atomic E-state index is -0.977. The van der Waals surface area contributed by atoms with Crippen LogP contribution in [0, 0.1) is 6.92 Å². The van der Waals surface area contributed by atoms with Gasteiger partial charge in [-0.2, -0.15) is 0 Å². The minimum absolute atomic E-state index is 0. The second-order valence-corrected chi connectivity index (χ2v) is 12.1. The number of rotatable bonds is 5. The summed E-state index contributed by atoms with van der Waals surface area (Å²) in [4.78, 5) is 45.1. The van der Waals surface area contributed by atoms with E-state index in [9.17, 15) is 24.6 Å². The van der Waals surface area contributed by atoms with Crippen LogP contribution in [-0.2, 0) is 33.0 Å². The van der Waals surface area contributed by atoms with E-state index >= 15 is 0 Å². The van der Waals surface area contributed by atoms with Crippen molar-refractivity contribution in [3.05, 3.63) is 106 Å². The number of amides is 3. The minimum Gasteiger partial charge on any atom is -0.508 e. The SMILES string of the molecule is CC[C@@H]1Cc2ccccc2CN1C(=O)c1cc2c(cc1-c1cc(C(=O)N(C)c3ccc(O)cc3)c(C)n1C)CCN(C(=O)O)C2.Cl. The Hall–Kier alpha value is -4.76. The quantitative estimate of drug-likeness (QED) is 0.261. The van der Waals surface area contributed by atoms with Gasteiger partial charge in [-0.3, -0.25) is 9.59 Å². The Morgan fingerprint density at radius 2 is 1.61 bits per heavy atom. The van der Waals surface area contributed by atoms with Crippen LogP contribution in [-0.4, -0.2) is 62.1 Å². The summed E-state index contributed by atoms with van der Waals surface area (Å²) in [5, 5.41) is 19.4. The lowest BCUT2D eigenvalue weighted by molar-refractivity contribution is 0.0635. The summed E-state index contributed by atoms with van der Waals surface area (Å²) in [6, 6.07) is 20.5. The van der Waals surface area contributed by atoms with Crippen molar-refractivity contribution < 1.29 is 24.6 Å². The molecule has 0 saturated heterocycles. The van der Waals surface area contributed by atoms with Gasteiger partial charge >= 0.3 is 6.09 Å². The van der Waals surface area contributed by atoms with Crippen molar-refractivity contribution in [2.75, 3.05) is 18.5 Å². The molecule has 0 bridgehead atoms. The highest BCUT2D eigenvalue weighted by Crippen LogP contribution is 2.36. The van der Waals surface area contributed by atoms with E-state index in [4.69, 9.17) is 0 Å². The van der Waals surface area contributed by atoms with Crippen LogP contribution in [0.4, 0.5) is 10.5 Å². The number of fused-ring (bicyclic) bond motifs is 2. The number of hydrogen-bond donors (Lipinski definition) is 2. The summed E-state index contributed by atoms with van der Waals surface area (Å²) in [6.45, 7) is 5.08. The molecule has 1 aromatic heterocycles. The lowest BCUT2D eigenvalue weighted by atomic mass is 9.89. The predicted octanol–water partition coefficient (Wildman–Crippen LogP) is 6.42. The third-order valence-corrected chi connectivity index (χ3v) is 9.52. The van der Waals surface area contributed by atoms with Crippen molar-refractivity contribution in [1.29, 1.82) is 0 Å². The molecular formula is C36H39ClN4O5. The molecule has 9 nitrogen and oxygen atoms in total. The first-order valence-electron chi connectivity index (χ1n) is 15.3. The molecule has 2 aliphatic rings. The molecule has 6 rings (SSSR count). The van der Waals surface area contributed by atoms with Gasteiger partial charge in [0, 0.05) is 68.0 Å². The van der Waals surface area contributed by atoms with Crippen molar-refractivity contribution in [2.24, 2.45) is 7.05 Å². The fraction of sp³-hybridized carbons (Fsp3) is 0.306. The average Bonchev–Trinajstić information content (AvgIpc) is 3.35. The number of carboxylic acid groups (broad SMARTS) is 1. The van der Waals surface area contributed by atoms with Gasteiger partial charge in [-0.15, -0.1) is 12.4 Å². The Morgan fingerprint density at radius 3 is 2.28 bits per heavy atom. The molecule has 2 N–H and O–H groups in total. The van der Waals surface area contributed by atoms with Gasteiger partial charge in [0.15, 0.2) is 0 Å². The van der Waals surface area contributed by atoms with Gasteiger partial charge in [0.25, 0.3) is 11.8 Å². The second kappa shape index (κ2) is 12.9. The van der Waals surface area contributed by atoms with Gasteiger partial charge in [-0.05, 0) is 90.9 Å². The van der Waals surface area contributed by atoms with E-state index in [1.54, 1.807) is 36.2 Å². The largest absolute Gasteiger partial charge is 0.508 e. The zero-order chi connectivity index (χ0) is 32.0. The molecule has 0 aliphatic carbocycles. The Labute approximate surface area is 275 Å². The molecule has 240 valence electrons. The molecule has 0 unspecified atom stereocenters. The van der Waals surface area contributed by atoms with Crippen LogP contribution >= 0.6 is 12.4 Å². The summed E-state index contributed by atoms with van der Waals surface area (Å²) >= 11 is 0. The van der Waals surface area contributed by atoms with Crippen LogP contribution in [0.5, 0.6) is 5.75 Å². The first kappa shape index (κ1) is 32.6. The van der Waals surface area contributed by atoms with Crippen LogP contribution in [0.3, 0.4) is 0 Å². The predicted molar refractivity (Wildman–Crippen MR) is 180 cm³/mol. The first-order chi connectivity index (χ1) is 21.6. The number of aromatic nitrogens is 1. The Morgan fingerprint density at radius 1 is 0.913 bits per heavy atom. The van der Waals surface area contributed by atoms with Crippen LogP contribution in [0.15, 0.2) is 66.7 Å². The van der Waals surface area contributed by atoms with E-state index in [-0.39, 0.29) is 42.6 Å². The van der Waals surface area contributed by atoms with Gasteiger partial charge in [-0.1, -0.05) is 31.2 Å². The van der Waals surface area contributed by atoms with Crippen LogP contribution in [0.1, 0.15) is 62.0 Å². The molecule has 3 amide bonds. The monoisotopic (exact) mass is 642 g/mol. The average molecular weight is 643 g/mol. The maximum atomic E-state index is 14.6. The summed E-state index contributed by atoms with van der Waals surface area (Å²) in [7, 11) is 3.59. The second-order valence-electron chi connectivity index (χ2n) is 12.1. The molecule has 0 saturated carbocycles. The molecule has 3 aromatic carbocycles. The van der Waals surface area contributed by atoms with Gasteiger partial charge < -0.3 is 29.5 Å². The van der Waals surface area contributed by atoms with E-state index < -0.39 is 6.09 Å². The van der Waals surface area contributed by atoms with E-state index in [1.807, 2.05) is 53.8 Å². The summed E-state index contributed by atoms with van der Waals surface area (Å²) in [5.74, 6) is -0.187. The zero-order valence-electron chi connectivity index (χ0n) is 26.5. The maximum absolute atomic E-state index is 14.6. The Kier molecular flexibility index (Phi) is 9.17. The zero-order valence-corrected chi connectivity index (χ0v) is 27.3. The van der Waals surface area contributed by atoms with Gasteiger partial charge in [0.2, 0.25) is 0 Å². The summed E-state index contributed by atoms with van der Waals surface area (Å²) in [5.41, 5.74) is 8.11. The highest BCUT2D eigenvalue weighted by atomic mass is 35.5. The van der Waals surface area contributed by atoms with E-state index in [0.29, 0.717) is 36.3 Å². The fourth-order valence-electron chi connectivity index (χ4n) is 6.65. The standard InChI is InChI=1S/C36H38N4O5.ClH/c1-5-27-16-23-8-6-7-9-25(23)21-40(27)35(43)32-18-26-20-39(36(44)45)15-14-24(26)17-31(32)33-19-30(22(2)37(33)3)34(42)38(4)28-10-12-29(41)13-11-28;/h6-13,17-19,27,41H,5,14-16,20-21H2,1-4H3,(H,44,45);1H/t27-;/m1./s1. The number of anilines is 1. The van der Waals surface area contributed by atoms with Crippen LogP contribution in [0.25, 0.3) is 11.3 Å². The number of phenols is 1. The van der Waals surface area contributed by atoms with Crippen molar-refractivity contribution in [3.63, 3.8) is 0 Å². The molecule has 0 radical (unpaired) electrons. The molecular weight excluding hydrogens is 604 g/mol. The van der Waals surface area contributed by atoms with Crippen molar-refractivity contribution >= 4 is 36.0 Å². The molecule has 10 heteroatoms. The number of aromatic hydroxyl groups is 1. The number of nitrogens with zero attached hydrogens (tertiary/aromatic N) is 4. The number of hydrogen-bond acceptors (Lipinski definition) is 4. The molecule has 3 heterocycles. The first-order valence-corrected chi connectivity index (χ1v) is 15.3. The Bertz CT molecular complexity index is 1820. The van der Waals surface area contributed by atoms with Crippen LogP contribution < -0.4 is 4.90 Å².